The smallest absolute Gasteiger partial charge is 0.407 e. The first-order chi connectivity index (χ1) is 10.1. The number of cyclic esters (lactones) is 2. The van der Waals surface area contributed by atoms with Gasteiger partial charge in [0.1, 0.15) is 0 Å². The lowest BCUT2D eigenvalue weighted by molar-refractivity contribution is -0.238. The maximum atomic E-state index is 12.4. The molecular formula is C14H19NO7. The highest BCUT2D eigenvalue weighted by Gasteiger charge is 2.49. The number of rotatable bonds is 2. The Bertz CT molecular complexity index is 507. The van der Waals surface area contributed by atoms with Crippen LogP contribution in [0.25, 0.3) is 0 Å². The Morgan fingerprint density at radius 3 is 2.23 bits per heavy atom. The number of Topliss-reactive ketones (excluding diaryl/α,β-unsaturated/α-hetero) is 1. The van der Waals surface area contributed by atoms with E-state index in [2.05, 4.69) is 0 Å². The molecule has 2 heterocycles. The van der Waals surface area contributed by atoms with E-state index in [0.29, 0.717) is 0 Å². The van der Waals surface area contributed by atoms with Gasteiger partial charge in [-0.15, -0.1) is 0 Å². The maximum absolute atomic E-state index is 12.4. The predicted molar refractivity (Wildman–Crippen MR) is 71.7 cm³/mol. The highest BCUT2D eigenvalue weighted by molar-refractivity contribution is 6.16. The van der Waals surface area contributed by atoms with Crippen LogP contribution < -0.4 is 0 Å². The van der Waals surface area contributed by atoms with Gasteiger partial charge < -0.3 is 19.5 Å². The molecule has 0 spiro atoms. The van der Waals surface area contributed by atoms with Crippen LogP contribution in [0.1, 0.15) is 33.6 Å². The van der Waals surface area contributed by atoms with E-state index in [9.17, 15) is 19.2 Å². The van der Waals surface area contributed by atoms with Crippen molar-refractivity contribution in [3.05, 3.63) is 0 Å². The number of carbonyl (C=O) groups is 4. The fraction of sp³-hybridized carbons (Fsp3) is 0.714. The van der Waals surface area contributed by atoms with Crippen molar-refractivity contribution >= 4 is 23.8 Å². The van der Waals surface area contributed by atoms with Crippen molar-refractivity contribution in [1.82, 2.24) is 4.90 Å². The highest BCUT2D eigenvalue weighted by Crippen LogP contribution is 2.30. The summed E-state index contributed by atoms with van der Waals surface area (Å²) in [5.41, 5.74) is 0. The third kappa shape index (κ3) is 3.05. The van der Waals surface area contributed by atoms with Gasteiger partial charge in [0.05, 0.1) is 0 Å². The Kier molecular flexibility index (Phi) is 4.12. The Morgan fingerprint density at radius 2 is 1.77 bits per heavy atom. The van der Waals surface area contributed by atoms with Crippen molar-refractivity contribution < 1.29 is 33.8 Å². The van der Waals surface area contributed by atoms with Crippen molar-refractivity contribution in [3.63, 3.8) is 0 Å². The van der Waals surface area contributed by atoms with Crippen molar-refractivity contribution in [2.75, 3.05) is 6.54 Å². The molecule has 8 nitrogen and oxygen atoms in total. The zero-order valence-corrected chi connectivity index (χ0v) is 12.7. The fourth-order valence-electron chi connectivity index (χ4n) is 2.90. The quantitative estimate of drug-likeness (QED) is 0.592. The van der Waals surface area contributed by atoms with Gasteiger partial charge in [-0.2, -0.15) is 0 Å². The predicted octanol–water partition coefficient (Wildman–Crippen LogP) is 0.786. The van der Waals surface area contributed by atoms with Crippen LogP contribution in [0.2, 0.25) is 0 Å². The average Bonchev–Trinajstić information content (AvgIpc) is 2.35. The summed E-state index contributed by atoms with van der Waals surface area (Å²) < 4.78 is 9.90. The van der Waals surface area contributed by atoms with Crippen LogP contribution in [0.3, 0.4) is 0 Å². The molecule has 1 N–H and O–H groups in total. The third-order valence-corrected chi connectivity index (χ3v) is 3.97. The summed E-state index contributed by atoms with van der Waals surface area (Å²) in [5.74, 6) is -5.86. The lowest BCUT2D eigenvalue weighted by atomic mass is 9.82. The molecule has 0 aromatic carbocycles. The lowest BCUT2D eigenvalue weighted by Gasteiger charge is -2.37. The monoisotopic (exact) mass is 313 g/mol. The molecule has 122 valence electrons. The van der Waals surface area contributed by atoms with E-state index in [1.165, 1.54) is 18.7 Å². The molecule has 2 aliphatic heterocycles. The van der Waals surface area contributed by atoms with E-state index in [0.717, 1.165) is 0 Å². The van der Waals surface area contributed by atoms with Crippen LogP contribution in [0.5, 0.6) is 0 Å². The van der Waals surface area contributed by atoms with Crippen LogP contribution >= 0.6 is 0 Å². The molecule has 22 heavy (non-hydrogen) atoms. The van der Waals surface area contributed by atoms with Gasteiger partial charge in [-0.3, -0.25) is 14.4 Å². The van der Waals surface area contributed by atoms with Crippen molar-refractivity contribution in [1.29, 1.82) is 0 Å². The van der Waals surface area contributed by atoms with E-state index >= 15 is 0 Å². The minimum Gasteiger partial charge on any atom is -0.465 e. The SMILES string of the molecule is C[C@H]1C[C@@H](C(=O)C2C(=O)OC(C)(C)OC2=O)CCN1C(=O)O. The van der Waals surface area contributed by atoms with Crippen LogP contribution in [0, 0.1) is 11.8 Å². The lowest BCUT2D eigenvalue weighted by Crippen LogP contribution is -2.52. The molecule has 2 saturated heterocycles. The van der Waals surface area contributed by atoms with Crippen LogP contribution in [-0.4, -0.2) is 52.2 Å². The van der Waals surface area contributed by atoms with Gasteiger partial charge in [-0.1, -0.05) is 0 Å². The second-order valence-corrected chi connectivity index (χ2v) is 6.12. The minimum absolute atomic E-state index is 0.190. The number of carboxylic acid groups (broad SMARTS) is 1. The number of likely N-dealkylation sites (tertiary alicyclic amines) is 1. The second-order valence-electron chi connectivity index (χ2n) is 6.12. The summed E-state index contributed by atoms with van der Waals surface area (Å²) in [6.07, 6.45) is -0.502. The summed E-state index contributed by atoms with van der Waals surface area (Å²) in [6, 6.07) is -0.354. The minimum atomic E-state index is -1.57. The number of ether oxygens (including phenoxy) is 2. The molecule has 8 heteroatoms. The topological polar surface area (TPSA) is 110 Å². The zero-order chi connectivity index (χ0) is 16.7. The van der Waals surface area contributed by atoms with Gasteiger partial charge in [-0.25, -0.2) is 4.79 Å². The number of esters is 2. The molecule has 0 aromatic heterocycles. The standard InChI is InChI=1S/C14H19NO7/c1-7-6-8(4-5-15(7)13(19)20)10(16)9-11(17)21-14(2,3)22-12(9)18/h7-9H,4-6H2,1-3H3,(H,19,20)/t7-,8-/m0/s1. The largest absolute Gasteiger partial charge is 0.465 e. The first-order valence-electron chi connectivity index (χ1n) is 7.11. The molecule has 0 radical (unpaired) electrons. The maximum Gasteiger partial charge on any atom is 0.407 e. The Morgan fingerprint density at radius 1 is 1.23 bits per heavy atom. The molecule has 0 aliphatic carbocycles. The number of ketones is 1. The molecule has 0 unspecified atom stereocenters. The first-order valence-corrected chi connectivity index (χ1v) is 7.11. The van der Waals surface area contributed by atoms with Crippen molar-refractivity contribution in [2.45, 2.75) is 45.4 Å². The summed E-state index contributed by atoms with van der Waals surface area (Å²) in [7, 11) is 0. The number of piperidine rings is 1. The first kappa shape index (κ1) is 16.3. The highest BCUT2D eigenvalue weighted by atomic mass is 16.7. The fourth-order valence-corrected chi connectivity index (χ4v) is 2.90. The van der Waals surface area contributed by atoms with Gasteiger partial charge in [0, 0.05) is 32.4 Å². The number of carbonyl (C=O) groups excluding carboxylic acids is 3. The van der Waals surface area contributed by atoms with E-state index < -0.39 is 41.4 Å². The molecule has 2 aliphatic rings. The molecule has 2 fully saturated rings. The van der Waals surface area contributed by atoms with Gasteiger partial charge in [0.2, 0.25) is 5.92 Å². The average molecular weight is 313 g/mol. The molecule has 2 rings (SSSR count). The van der Waals surface area contributed by atoms with Crippen molar-refractivity contribution in [3.8, 4) is 0 Å². The number of hydrogen-bond donors (Lipinski definition) is 1. The third-order valence-electron chi connectivity index (χ3n) is 3.97. The van der Waals surface area contributed by atoms with E-state index in [1.54, 1.807) is 6.92 Å². The van der Waals surface area contributed by atoms with Crippen LogP contribution in [0.15, 0.2) is 0 Å². The second kappa shape index (κ2) is 5.58. The zero-order valence-electron chi connectivity index (χ0n) is 12.7. The van der Waals surface area contributed by atoms with E-state index in [4.69, 9.17) is 14.6 Å². The van der Waals surface area contributed by atoms with Crippen LogP contribution in [-0.2, 0) is 23.9 Å². The van der Waals surface area contributed by atoms with Gasteiger partial charge in [-0.05, 0) is 19.8 Å². The summed E-state index contributed by atoms with van der Waals surface area (Å²) >= 11 is 0. The summed E-state index contributed by atoms with van der Waals surface area (Å²) in [4.78, 5) is 48.5. The van der Waals surface area contributed by atoms with Gasteiger partial charge >= 0.3 is 18.0 Å². The van der Waals surface area contributed by atoms with Crippen molar-refractivity contribution in [2.24, 2.45) is 11.8 Å². The normalized spacial score (nSPS) is 28.8. The van der Waals surface area contributed by atoms with E-state index in [1.807, 2.05) is 0 Å². The van der Waals surface area contributed by atoms with Gasteiger partial charge in [0.15, 0.2) is 5.78 Å². The molecule has 1 amide bonds. The Labute approximate surface area is 127 Å². The molecular weight excluding hydrogens is 294 g/mol. The molecule has 0 saturated carbocycles. The summed E-state index contributed by atoms with van der Waals surface area (Å²) in [6.45, 7) is 4.71. The Hall–Kier alpha value is -2.12. The van der Waals surface area contributed by atoms with E-state index in [-0.39, 0.29) is 25.4 Å². The van der Waals surface area contributed by atoms with Gasteiger partial charge in [0.25, 0.3) is 5.79 Å². The Balaban J connectivity index is 2.08. The number of nitrogens with zero attached hydrogens (tertiary/aromatic N) is 1. The number of amides is 1. The number of hydrogen-bond acceptors (Lipinski definition) is 6. The molecule has 0 aromatic rings. The summed E-state index contributed by atoms with van der Waals surface area (Å²) in [5, 5.41) is 9.02. The van der Waals surface area contributed by atoms with Crippen LogP contribution in [0.4, 0.5) is 4.79 Å². The molecule has 0 bridgehead atoms. The molecule has 2 atom stereocenters.